The first kappa shape index (κ1) is 11.0. The van der Waals surface area contributed by atoms with Crippen LogP contribution in [0, 0.1) is 5.92 Å². The SMILES string of the molecule is CCCNC1CC(C)C[N+](C)(C)C1. The second-order valence-corrected chi connectivity index (χ2v) is 5.29. The van der Waals surface area contributed by atoms with E-state index in [0.717, 1.165) is 12.0 Å². The fourth-order valence-corrected chi connectivity index (χ4v) is 2.65. The van der Waals surface area contributed by atoms with Crippen LogP contribution in [0.5, 0.6) is 0 Å². The smallest absolute Gasteiger partial charge is 0.0938 e. The summed E-state index contributed by atoms with van der Waals surface area (Å²) in [6.45, 7) is 8.42. The third kappa shape index (κ3) is 3.65. The molecule has 2 unspecified atom stereocenters. The van der Waals surface area contributed by atoms with E-state index in [4.69, 9.17) is 0 Å². The van der Waals surface area contributed by atoms with Crippen LogP contribution in [0.2, 0.25) is 0 Å². The quantitative estimate of drug-likeness (QED) is 0.657. The summed E-state index contributed by atoms with van der Waals surface area (Å²) in [7, 11) is 4.69. The van der Waals surface area contributed by atoms with Crippen LogP contribution >= 0.6 is 0 Å². The largest absolute Gasteiger partial charge is 0.327 e. The lowest BCUT2D eigenvalue weighted by Gasteiger charge is -2.41. The summed E-state index contributed by atoms with van der Waals surface area (Å²) < 4.78 is 1.18. The number of nitrogens with zero attached hydrogens (tertiary/aromatic N) is 1. The number of nitrogens with one attached hydrogen (secondary N) is 1. The highest BCUT2D eigenvalue weighted by atomic mass is 15.3. The van der Waals surface area contributed by atoms with Gasteiger partial charge < -0.3 is 9.80 Å². The lowest BCUT2D eigenvalue weighted by atomic mass is 9.94. The van der Waals surface area contributed by atoms with Crippen molar-refractivity contribution < 1.29 is 4.48 Å². The lowest BCUT2D eigenvalue weighted by molar-refractivity contribution is -0.899. The van der Waals surface area contributed by atoms with Gasteiger partial charge >= 0.3 is 0 Å². The summed E-state index contributed by atoms with van der Waals surface area (Å²) in [5.74, 6) is 0.873. The fourth-order valence-electron chi connectivity index (χ4n) is 2.65. The number of hydrogen-bond donors (Lipinski definition) is 1. The molecule has 1 rings (SSSR count). The van der Waals surface area contributed by atoms with E-state index in [9.17, 15) is 0 Å². The van der Waals surface area contributed by atoms with Crippen molar-refractivity contribution in [2.45, 2.75) is 32.7 Å². The van der Waals surface area contributed by atoms with E-state index >= 15 is 0 Å². The molecule has 0 spiro atoms. The van der Waals surface area contributed by atoms with Gasteiger partial charge in [-0.05, 0) is 19.4 Å². The summed E-state index contributed by atoms with van der Waals surface area (Å²) in [4.78, 5) is 0. The Morgan fingerprint density at radius 2 is 2.00 bits per heavy atom. The summed E-state index contributed by atoms with van der Waals surface area (Å²) in [6, 6.07) is 0.749. The van der Waals surface area contributed by atoms with Gasteiger partial charge in [-0.25, -0.2) is 0 Å². The Labute approximate surface area is 82.9 Å². The lowest BCUT2D eigenvalue weighted by Crippen LogP contribution is -2.56. The highest BCUT2D eigenvalue weighted by Crippen LogP contribution is 2.19. The zero-order valence-electron chi connectivity index (χ0n) is 9.64. The van der Waals surface area contributed by atoms with E-state index in [1.165, 1.54) is 37.0 Å². The fraction of sp³-hybridized carbons (Fsp3) is 1.00. The molecule has 1 N–H and O–H groups in total. The number of likely N-dealkylation sites (N-methyl/N-ethyl adjacent to an activating group) is 1. The molecule has 1 aliphatic heterocycles. The van der Waals surface area contributed by atoms with Gasteiger partial charge in [0.1, 0.15) is 0 Å². The highest BCUT2D eigenvalue weighted by Gasteiger charge is 2.31. The van der Waals surface area contributed by atoms with Crippen LogP contribution in [0.25, 0.3) is 0 Å². The van der Waals surface area contributed by atoms with Gasteiger partial charge in [0.15, 0.2) is 0 Å². The molecule has 1 heterocycles. The summed E-state index contributed by atoms with van der Waals surface area (Å²) >= 11 is 0. The second kappa shape index (κ2) is 4.43. The second-order valence-electron chi connectivity index (χ2n) is 5.29. The molecule has 0 aliphatic carbocycles. The standard InChI is InChI=1S/C11H25N2/c1-5-6-12-11-7-10(2)8-13(3,4)9-11/h10-12H,5-9H2,1-4H3/q+1. The Kier molecular flexibility index (Phi) is 3.74. The Bertz CT molecular complexity index is 154. The molecule has 0 aromatic rings. The normalized spacial score (nSPS) is 33.2. The summed E-state index contributed by atoms with van der Waals surface area (Å²) in [5, 5.41) is 3.64. The Hall–Kier alpha value is -0.0800. The molecule has 0 bridgehead atoms. The zero-order chi connectivity index (χ0) is 9.90. The van der Waals surface area contributed by atoms with Crippen molar-refractivity contribution in [1.29, 1.82) is 0 Å². The van der Waals surface area contributed by atoms with Crippen LogP contribution in [-0.4, -0.2) is 44.3 Å². The average molecular weight is 185 g/mol. The van der Waals surface area contributed by atoms with Crippen LogP contribution in [0.15, 0.2) is 0 Å². The minimum atomic E-state index is 0.749. The van der Waals surface area contributed by atoms with Crippen LogP contribution in [0.4, 0.5) is 0 Å². The van der Waals surface area contributed by atoms with Gasteiger partial charge in [0, 0.05) is 5.92 Å². The predicted molar refractivity (Wildman–Crippen MR) is 57.7 cm³/mol. The first-order chi connectivity index (χ1) is 6.03. The van der Waals surface area contributed by atoms with Crippen LogP contribution in [0.1, 0.15) is 26.7 Å². The molecular formula is C11H25N2+. The molecule has 0 aromatic heterocycles. The number of likely N-dealkylation sites (tertiary alicyclic amines) is 1. The molecule has 0 radical (unpaired) electrons. The van der Waals surface area contributed by atoms with Gasteiger partial charge in [-0.15, -0.1) is 0 Å². The van der Waals surface area contributed by atoms with Gasteiger partial charge in [0.05, 0.1) is 33.2 Å². The minimum absolute atomic E-state index is 0.749. The number of hydrogen-bond acceptors (Lipinski definition) is 1. The Morgan fingerprint density at radius 3 is 2.54 bits per heavy atom. The van der Waals surface area contributed by atoms with Crippen molar-refractivity contribution in [3.8, 4) is 0 Å². The van der Waals surface area contributed by atoms with Gasteiger partial charge in [-0.1, -0.05) is 13.8 Å². The number of rotatable bonds is 3. The van der Waals surface area contributed by atoms with Crippen LogP contribution in [0.3, 0.4) is 0 Å². The molecule has 78 valence electrons. The van der Waals surface area contributed by atoms with Crippen LogP contribution < -0.4 is 5.32 Å². The minimum Gasteiger partial charge on any atom is -0.327 e. The molecule has 2 heteroatoms. The topological polar surface area (TPSA) is 12.0 Å². The molecule has 1 fully saturated rings. The van der Waals surface area contributed by atoms with E-state index in [-0.39, 0.29) is 0 Å². The molecule has 0 saturated carbocycles. The van der Waals surface area contributed by atoms with Gasteiger partial charge in [-0.2, -0.15) is 0 Å². The van der Waals surface area contributed by atoms with E-state index in [0.29, 0.717) is 0 Å². The van der Waals surface area contributed by atoms with Crippen LogP contribution in [-0.2, 0) is 0 Å². The molecule has 13 heavy (non-hydrogen) atoms. The number of piperidine rings is 1. The molecule has 2 nitrogen and oxygen atoms in total. The summed E-state index contributed by atoms with van der Waals surface area (Å²) in [6.07, 6.45) is 2.61. The van der Waals surface area contributed by atoms with Crippen molar-refractivity contribution in [1.82, 2.24) is 5.32 Å². The predicted octanol–water partition coefficient (Wildman–Crippen LogP) is 1.47. The van der Waals surface area contributed by atoms with E-state index in [1.54, 1.807) is 0 Å². The maximum Gasteiger partial charge on any atom is 0.0938 e. The molecule has 1 aliphatic rings. The third-order valence-electron chi connectivity index (χ3n) is 2.89. The zero-order valence-corrected chi connectivity index (χ0v) is 9.64. The molecule has 2 atom stereocenters. The molecule has 0 amide bonds. The first-order valence-corrected chi connectivity index (χ1v) is 5.59. The van der Waals surface area contributed by atoms with Crippen molar-refractivity contribution in [3.63, 3.8) is 0 Å². The third-order valence-corrected chi connectivity index (χ3v) is 2.89. The highest BCUT2D eigenvalue weighted by molar-refractivity contribution is 4.73. The maximum absolute atomic E-state index is 3.64. The van der Waals surface area contributed by atoms with Crippen molar-refractivity contribution in [2.24, 2.45) is 5.92 Å². The molecule has 0 aromatic carbocycles. The van der Waals surface area contributed by atoms with Crippen molar-refractivity contribution >= 4 is 0 Å². The van der Waals surface area contributed by atoms with E-state index < -0.39 is 0 Å². The van der Waals surface area contributed by atoms with Gasteiger partial charge in [-0.3, -0.25) is 0 Å². The van der Waals surface area contributed by atoms with E-state index in [1.807, 2.05) is 0 Å². The van der Waals surface area contributed by atoms with E-state index in [2.05, 4.69) is 33.3 Å². The van der Waals surface area contributed by atoms with Gasteiger partial charge in [0.25, 0.3) is 0 Å². The average Bonchev–Trinajstić information content (AvgIpc) is 1.97. The number of quaternary nitrogens is 1. The molecular weight excluding hydrogens is 160 g/mol. The first-order valence-electron chi connectivity index (χ1n) is 5.59. The summed E-state index contributed by atoms with van der Waals surface area (Å²) in [5.41, 5.74) is 0. The monoisotopic (exact) mass is 185 g/mol. The Balaban J connectivity index is 2.38. The van der Waals surface area contributed by atoms with Crippen molar-refractivity contribution in [3.05, 3.63) is 0 Å². The maximum atomic E-state index is 3.64. The van der Waals surface area contributed by atoms with Gasteiger partial charge in [0.2, 0.25) is 0 Å². The van der Waals surface area contributed by atoms with Crippen molar-refractivity contribution in [2.75, 3.05) is 33.7 Å². The molecule has 1 saturated heterocycles. The Morgan fingerprint density at radius 1 is 1.31 bits per heavy atom.